The van der Waals surface area contributed by atoms with Gasteiger partial charge in [0.05, 0.1) is 0 Å². The van der Waals surface area contributed by atoms with E-state index in [1.165, 1.54) is 16.5 Å². The normalized spacial score (nSPS) is 13.2. The van der Waals surface area contributed by atoms with Gasteiger partial charge in [0.1, 0.15) is 5.65 Å². The van der Waals surface area contributed by atoms with Gasteiger partial charge in [0.15, 0.2) is 0 Å². The van der Waals surface area contributed by atoms with E-state index in [2.05, 4.69) is 55.1 Å². The van der Waals surface area contributed by atoms with Gasteiger partial charge in [-0.05, 0) is 39.8 Å². The molecule has 0 aliphatic rings. The van der Waals surface area contributed by atoms with Crippen LogP contribution >= 0.6 is 0 Å². The molecule has 0 saturated carbocycles. The third kappa shape index (κ3) is 3.20. The molecule has 96 valence electrons. The van der Waals surface area contributed by atoms with Crippen LogP contribution in [-0.2, 0) is 0 Å². The van der Waals surface area contributed by atoms with Crippen LogP contribution in [0.3, 0.4) is 0 Å². The van der Waals surface area contributed by atoms with Crippen molar-refractivity contribution < 1.29 is 0 Å². The van der Waals surface area contributed by atoms with E-state index in [0.29, 0.717) is 0 Å². The van der Waals surface area contributed by atoms with Crippen LogP contribution in [0.2, 0.25) is 0 Å². The number of aromatic nitrogens is 2. The van der Waals surface area contributed by atoms with Crippen LogP contribution in [-0.4, -0.2) is 22.1 Å². The summed E-state index contributed by atoms with van der Waals surface area (Å²) in [7, 11) is 0. The maximum atomic E-state index is 4.29. The number of pyridine rings is 1. The smallest absolute Gasteiger partial charge is 0.137 e. The topological polar surface area (TPSA) is 40.7 Å². The predicted octanol–water partition coefficient (Wildman–Crippen LogP) is 3.35. The molecule has 0 radical (unpaired) electrons. The fraction of sp³-hybridized carbons (Fsp3) is 0.400. The summed E-state index contributed by atoms with van der Waals surface area (Å²) < 4.78 is 0. The molecule has 2 N–H and O–H groups in total. The highest BCUT2D eigenvalue weighted by Gasteiger charge is 2.08. The molecule has 0 unspecified atom stereocenters. The summed E-state index contributed by atoms with van der Waals surface area (Å²) in [5.74, 6) is 0. The molecule has 0 aliphatic carbocycles. The lowest BCUT2D eigenvalue weighted by Gasteiger charge is -2.20. The first-order valence-electron chi connectivity index (χ1n) is 6.30. The number of aromatic amines is 1. The molecule has 0 amide bonds. The Bertz CT molecular complexity index is 558. The summed E-state index contributed by atoms with van der Waals surface area (Å²) >= 11 is 0. The first-order chi connectivity index (χ1) is 8.46. The summed E-state index contributed by atoms with van der Waals surface area (Å²) in [6, 6.07) is 4.06. The average molecular weight is 243 g/mol. The second kappa shape index (κ2) is 4.94. The molecule has 2 rings (SSSR count). The van der Waals surface area contributed by atoms with Crippen molar-refractivity contribution in [3.63, 3.8) is 0 Å². The molecule has 0 saturated heterocycles. The lowest BCUT2D eigenvalue weighted by Crippen LogP contribution is -2.36. The Morgan fingerprint density at radius 1 is 1.44 bits per heavy atom. The Balaban J connectivity index is 2.17. The van der Waals surface area contributed by atoms with Crippen molar-refractivity contribution in [3.05, 3.63) is 35.7 Å². The van der Waals surface area contributed by atoms with Crippen LogP contribution < -0.4 is 5.32 Å². The Morgan fingerprint density at radius 3 is 2.94 bits per heavy atom. The Kier molecular flexibility index (Phi) is 3.53. The standard InChI is InChI=1S/C15H21N3/c1-11(9-18-15(2,3)4)8-12-10-17-14-13(12)6-5-7-16-14/h5-8,10,18H,9H2,1-4H3,(H,16,17). The van der Waals surface area contributed by atoms with Gasteiger partial charge in [-0.2, -0.15) is 0 Å². The number of fused-ring (bicyclic) bond motifs is 1. The Labute approximate surface area is 108 Å². The van der Waals surface area contributed by atoms with Gasteiger partial charge in [-0.25, -0.2) is 4.98 Å². The van der Waals surface area contributed by atoms with Crippen LogP contribution in [0.25, 0.3) is 17.1 Å². The number of rotatable bonds is 3. The maximum Gasteiger partial charge on any atom is 0.137 e. The number of nitrogens with one attached hydrogen (secondary N) is 2. The largest absolute Gasteiger partial charge is 0.346 e. The fourth-order valence-corrected chi connectivity index (χ4v) is 1.82. The van der Waals surface area contributed by atoms with Crippen LogP contribution in [0.5, 0.6) is 0 Å². The van der Waals surface area contributed by atoms with Crippen LogP contribution in [0, 0.1) is 0 Å². The highest BCUT2D eigenvalue weighted by molar-refractivity contribution is 5.86. The molecule has 2 aromatic heterocycles. The van der Waals surface area contributed by atoms with Crippen molar-refractivity contribution in [1.82, 2.24) is 15.3 Å². The van der Waals surface area contributed by atoms with E-state index >= 15 is 0 Å². The molecule has 18 heavy (non-hydrogen) atoms. The SMILES string of the molecule is CC(=Cc1c[nH]c2ncccc12)CNC(C)(C)C. The highest BCUT2D eigenvalue weighted by Crippen LogP contribution is 2.18. The molecule has 2 aromatic rings. The minimum absolute atomic E-state index is 0.150. The monoisotopic (exact) mass is 243 g/mol. The first kappa shape index (κ1) is 12.8. The summed E-state index contributed by atoms with van der Waals surface area (Å²) in [5, 5.41) is 4.66. The van der Waals surface area contributed by atoms with Crippen molar-refractivity contribution in [2.75, 3.05) is 6.54 Å². The molecule has 0 aromatic carbocycles. The van der Waals surface area contributed by atoms with E-state index in [1.807, 2.05) is 12.3 Å². The zero-order valence-corrected chi connectivity index (χ0v) is 11.5. The molecule has 0 fully saturated rings. The van der Waals surface area contributed by atoms with Gasteiger partial charge in [0.25, 0.3) is 0 Å². The average Bonchev–Trinajstić information content (AvgIpc) is 2.70. The zero-order chi connectivity index (χ0) is 13.2. The van der Waals surface area contributed by atoms with Gasteiger partial charge in [-0.15, -0.1) is 0 Å². The van der Waals surface area contributed by atoms with E-state index in [-0.39, 0.29) is 5.54 Å². The van der Waals surface area contributed by atoms with Gasteiger partial charge < -0.3 is 10.3 Å². The van der Waals surface area contributed by atoms with Gasteiger partial charge in [0, 0.05) is 35.4 Å². The van der Waals surface area contributed by atoms with E-state index in [1.54, 1.807) is 6.20 Å². The maximum absolute atomic E-state index is 4.29. The molecular weight excluding hydrogens is 222 g/mol. The molecule has 0 bridgehead atoms. The molecule has 0 atom stereocenters. The minimum Gasteiger partial charge on any atom is -0.346 e. The van der Waals surface area contributed by atoms with Crippen molar-refractivity contribution in [3.8, 4) is 0 Å². The predicted molar refractivity (Wildman–Crippen MR) is 77.5 cm³/mol. The molecule has 3 heteroatoms. The number of hydrogen-bond acceptors (Lipinski definition) is 2. The Hall–Kier alpha value is -1.61. The molecule has 2 heterocycles. The molecule has 0 spiro atoms. The van der Waals surface area contributed by atoms with Gasteiger partial charge >= 0.3 is 0 Å². The van der Waals surface area contributed by atoms with E-state index in [9.17, 15) is 0 Å². The molecule has 3 nitrogen and oxygen atoms in total. The van der Waals surface area contributed by atoms with Gasteiger partial charge in [0.2, 0.25) is 0 Å². The van der Waals surface area contributed by atoms with E-state index < -0.39 is 0 Å². The van der Waals surface area contributed by atoms with Crippen molar-refractivity contribution in [2.45, 2.75) is 33.2 Å². The number of hydrogen-bond donors (Lipinski definition) is 2. The second-order valence-corrected chi connectivity index (χ2v) is 5.74. The summed E-state index contributed by atoms with van der Waals surface area (Å²) in [4.78, 5) is 7.48. The van der Waals surface area contributed by atoms with Crippen molar-refractivity contribution >= 4 is 17.1 Å². The van der Waals surface area contributed by atoms with E-state index in [0.717, 1.165) is 12.2 Å². The van der Waals surface area contributed by atoms with Crippen molar-refractivity contribution in [2.24, 2.45) is 0 Å². The summed E-state index contributed by atoms with van der Waals surface area (Å²) in [6.45, 7) is 9.58. The second-order valence-electron chi connectivity index (χ2n) is 5.74. The quantitative estimate of drug-likeness (QED) is 0.868. The van der Waals surface area contributed by atoms with E-state index in [4.69, 9.17) is 0 Å². The number of nitrogens with zero attached hydrogens (tertiary/aromatic N) is 1. The lowest BCUT2D eigenvalue weighted by atomic mass is 10.1. The Morgan fingerprint density at radius 2 is 2.22 bits per heavy atom. The third-order valence-electron chi connectivity index (χ3n) is 2.78. The summed E-state index contributed by atoms with van der Waals surface area (Å²) in [6.07, 6.45) is 6.03. The van der Waals surface area contributed by atoms with Gasteiger partial charge in [-0.3, -0.25) is 0 Å². The number of H-pyrrole nitrogens is 1. The lowest BCUT2D eigenvalue weighted by molar-refractivity contribution is 0.445. The highest BCUT2D eigenvalue weighted by atomic mass is 14.9. The first-order valence-corrected chi connectivity index (χ1v) is 6.30. The third-order valence-corrected chi connectivity index (χ3v) is 2.78. The van der Waals surface area contributed by atoms with Crippen LogP contribution in [0.4, 0.5) is 0 Å². The zero-order valence-electron chi connectivity index (χ0n) is 11.5. The fourth-order valence-electron chi connectivity index (χ4n) is 1.82. The summed E-state index contributed by atoms with van der Waals surface area (Å²) in [5.41, 5.74) is 3.61. The molecular formula is C15H21N3. The minimum atomic E-state index is 0.150. The van der Waals surface area contributed by atoms with Crippen LogP contribution in [0.15, 0.2) is 30.1 Å². The van der Waals surface area contributed by atoms with Crippen molar-refractivity contribution in [1.29, 1.82) is 0 Å². The molecule has 0 aliphatic heterocycles. The van der Waals surface area contributed by atoms with Gasteiger partial charge in [-0.1, -0.05) is 11.6 Å². The van der Waals surface area contributed by atoms with Crippen LogP contribution in [0.1, 0.15) is 33.3 Å².